The highest BCUT2D eigenvalue weighted by molar-refractivity contribution is 5.78. The highest BCUT2D eigenvalue weighted by atomic mass is 19.4. The number of benzene rings is 1. The van der Waals surface area contributed by atoms with Crippen molar-refractivity contribution in [3.63, 3.8) is 0 Å². The van der Waals surface area contributed by atoms with Crippen molar-refractivity contribution < 1.29 is 22.7 Å². The molecule has 5 nitrogen and oxygen atoms in total. The zero-order valence-electron chi connectivity index (χ0n) is 17.3. The van der Waals surface area contributed by atoms with Crippen LogP contribution < -0.4 is 0 Å². The number of nitrogens with zero attached hydrogens (tertiary/aromatic N) is 3. The second-order valence-electron chi connectivity index (χ2n) is 8.09. The predicted octanol–water partition coefficient (Wildman–Crippen LogP) is 3.81. The van der Waals surface area contributed by atoms with Gasteiger partial charge >= 0.3 is 6.18 Å². The Morgan fingerprint density at radius 1 is 1.10 bits per heavy atom. The molecule has 2 fully saturated rings. The Morgan fingerprint density at radius 2 is 1.87 bits per heavy atom. The number of ether oxygens (including phenoxy) is 1. The van der Waals surface area contributed by atoms with Gasteiger partial charge in [0.15, 0.2) is 0 Å². The molecule has 1 atom stereocenters. The molecule has 0 spiro atoms. The van der Waals surface area contributed by atoms with Crippen molar-refractivity contribution in [2.75, 3.05) is 45.9 Å². The van der Waals surface area contributed by atoms with Crippen LogP contribution in [0.15, 0.2) is 42.5 Å². The first-order valence-corrected chi connectivity index (χ1v) is 10.6. The molecule has 166 valence electrons. The lowest BCUT2D eigenvalue weighted by molar-refractivity contribution is -0.137. The third-order valence-electron chi connectivity index (χ3n) is 5.91. The molecule has 8 heteroatoms. The van der Waals surface area contributed by atoms with Gasteiger partial charge in [-0.25, -0.2) is 0 Å². The molecule has 1 aromatic heterocycles. The number of morpholine rings is 1. The van der Waals surface area contributed by atoms with Crippen molar-refractivity contribution in [3.8, 4) is 11.3 Å². The van der Waals surface area contributed by atoms with Gasteiger partial charge in [-0.15, -0.1) is 0 Å². The van der Waals surface area contributed by atoms with Crippen LogP contribution in [0.3, 0.4) is 0 Å². The van der Waals surface area contributed by atoms with Gasteiger partial charge in [0.1, 0.15) is 0 Å². The summed E-state index contributed by atoms with van der Waals surface area (Å²) in [5.41, 5.74) is 1.08. The fourth-order valence-electron chi connectivity index (χ4n) is 4.19. The average Bonchev–Trinajstić information content (AvgIpc) is 2.79. The van der Waals surface area contributed by atoms with Crippen LogP contribution in [-0.4, -0.2) is 66.6 Å². The normalized spacial score (nSPS) is 20.6. The summed E-state index contributed by atoms with van der Waals surface area (Å²) in [5, 5.41) is 0. The first-order chi connectivity index (χ1) is 14.9. The molecular formula is C23H26F3N3O2. The molecule has 2 aliphatic heterocycles. The Kier molecular flexibility index (Phi) is 6.57. The molecular weight excluding hydrogens is 407 g/mol. The monoisotopic (exact) mass is 433 g/mol. The molecule has 2 saturated heterocycles. The predicted molar refractivity (Wildman–Crippen MR) is 110 cm³/mol. The minimum atomic E-state index is -4.39. The molecule has 2 aliphatic rings. The number of amides is 1. The summed E-state index contributed by atoms with van der Waals surface area (Å²) < 4.78 is 44.6. The van der Waals surface area contributed by atoms with Crippen LogP contribution in [0.4, 0.5) is 13.2 Å². The van der Waals surface area contributed by atoms with E-state index in [1.807, 2.05) is 17.0 Å². The van der Waals surface area contributed by atoms with Gasteiger partial charge in [0, 0.05) is 43.4 Å². The average molecular weight is 433 g/mol. The number of carbonyl (C=O) groups is 1. The van der Waals surface area contributed by atoms with Gasteiger partial charge in [0.25, 0.3) is 0 Å². The molecule has 0 bridgehead atoms. The fraction of sp³-hybridized carbons (Fsp3) is 0.478. The van der Waals surface area contributed by atoms with E-state index in [0.717, 1.165) is 50.3 Å². The maximum Gasteiger partial charge on any atom is 0.416 e. The van der Waals surface area contributed by atoms with Gasteiger partial charge in [-0.05, 0) is 37.1 Å². The number of alkyl halides is 3. The number of piperidine rings is 1. The van der Waals surface area contributed by atoms with Crippen LogP contribution in [0.2, 0.25) is 0 Å². The molecule has 4 rings (SSSR count). The van der Waals surface area contributed by atoms with Gasteiger partial charge in [-0.2, -0.15) is 13.2 Å². The van der Waals surface area contributed by atoms with Crippen molar-refractivity contribution in [1.29, 1.82) is 0 Å². The summed E-state index contributed by atoms with van der Waals surface area (Å²) in [4.78, 5) is 21.5. The number of carbonyl (C=O) groups excluding carboxylic acids is 1. The summed E-state index contributed by atoms with van der Waals surface area (Å²) in [6.07, 6.45) is -2.60. The molecule has 0 N–H and O–H groups in total. The van der Waals surface area contributed by atoms with Crippen LogP contribution in [-0.2, 0) is 15.7 Å². The van der Waals surface area contributed by atoms with Crippen LogP contribution in [0.5, 0.6) is 0 Å². The van der Waals surface area contributed by atoms with Crippen LogP contribution in [0, 0.1) is 0 Å². The van der Waals surface area contributed by atoms with E-state index in [9.17, 15) is 18.0 Å². The molecule has 0 radical (unpaired) electrons. The zero-order chi connectivity index (χ0) is 21.8. The molecule has 0 aliphatic carbocycles. The number of hydrogen-bond donors (Lipinski definition) is 0. The van der Waals surface area contributed by atoms with Gasteiger partial charge < -0.3 is 9.64 Å². The van der Waals surface area contributed by atoms with E-state index in [1.54, 1.807) is 12.1 Å². The lowest BCUT2D eigenvalue weighted by Gasteiger charge is -2.35. The number of rotatable bonds is 4. The maximum absolute atomic E-state index is 13.1. The van der Waals surface area contributed by atoms with E-state index in [4.69, 9.17) is 4.74 Å². The van der Waals surface area contributed by atoms with Crippen LogP contribution in [0.1, 0.15) is 30.0 Å². The summed E-state index contributed by atoms with van der Waals surface area (Å²) in [6, 6.07) is 10.7. The van der Waals surface area contributed by atoms with E-state index >= 15 is 0 Å². The van der Waals surface area contributed by atoms with Gasteiger partial charge in [-0.3, -0.25) is 14.7 Å². The number of hydrogen-bond acceptors (Lipinski definition) is 4. The van der Waals surface area contributed by atoms with Crippen LogP contribution >= 0.6 is 0 Å². The molecule has 1 aromatic carbocycles. The van der Waals surface area contributed by atoms with E-state index < -0.39 is 11.7 Å². The van der Waals surface area contributed by atoms with Gasteiger partial charge in [0.05, 0.1) is 31.0 Å². The van der Waals surface area contributed by atoms with Crippen LogP contribution in [0.25, 0.3) is 11.3 Å². The first-order valence-electron chi connectivity index (χ1n) is 10.6. The lowest BCUT2D eigenvalue weighted by atomic mass is 9.93. The molecule has 0 saturated carbocycles. The minimum absolute atomic E-state index is 0.0770. The van der Waals surface area contributed by atoms with E-state index in [0.29, 0.717) is 37.6 Å². The first kappa shape index (κ1) is 21.8. The minimum Gasteiger partial charge on any atom is -0.379 e. The number of aromatic nitrogens is 1. The summed E-state index contributed by atoms with van der Waals surface area (Å²) >= 11 is 0. The van der Waals surface area contributed by atoms with Gasteiger partial charge in [0.2, 0.25) is 5.91 Å². The zero-order valence-corrected chi connectivity index (χ0v) is 17.3. The smallest absolute Gasteiger partial charge is 0.379 e. The summed E-state index contributed by atoms with van der Waals surface area (Å²) in [7, 11) is 0. The van der Waals surface area contributed by atoms with E-state index in [1.165, 1.54) is 6.07 Å². The topological polar surface area (TPSA) is 45.7 Å². The SMILES string of the molecule is O=C(CN1CCOCC1)N1CCC[C@@H](c2cccc(-c3cccc(C(F)(F)F)c3)n2)C1. The standard InChI is InChI=1S/C23H26F3N3O2/c24-23(25,26)19-6-1-4-17(14-19)20-7-2-8-21(27-20)18-5-3-9-29(15-18)22(30)16-28-10-12-31-13-11-28/h1-2,4,6-8,14,18H,3,5,9-13,15-16H2/t18-/m1/s1. The van der Waals surface area contributed by atoms with Crippen molar-refractivity contribution in [2.45, 2.75) is 24.9 Å². The highest BCUT2D eigenvalue weighted by Gasteiger charge is 2.31. The highest BCUT2D eigenvalue weighted by Crippen LogP contribution is 2.33. The molecule has 1 amide bonds. The maximum atomic E-state index is 13.1. The van der Waals surface area contributed by atoms with Crippen molar-refractivity contribution >= 4 is 5.91 Å². The fourth-order valence-corrected chi connectivity index (χ4v) is 4.19. The lowest BCUT2D eigenvalue weighted by Crippen LogP contribution is -2.47. The Hall–Kier alpha value is -2.45. The van der Waals surface area contributed by atoms with Crippen molar-refractivity contribution in [2.24, 2.45) is 0 Å². The molecule has 2 aromatic rings. The van der Waals surface area contributed by atoms with E-state index in [-0.39, 0.29) is 11.8 Å². The molecule has 31 heavy (non-hydrogen) atoms. The largest absolute Gasteiger partial charge is 0.416 e. The molecule has 0 unspecified atom stereocenters. The third-order valence-corrected chi connectivity index (χ3v) is 5.91. The Morgan fingerprint density at radius 3 is 2.65 bits per heavy atom. The molecule has 3 heterocycles. The van der Waals surface area contributed by atoms with Crippen molar-refractivity contribution in [3.05, 3.63) is 53.7 Å². The Bertz CT molecular complexity index is 913. The Labute approximate surface area is 179 Å². The quantitative estimate of drug-likeness (QED) is 0.736. The van der Waals surface area contributed by atoms with E-state index in [2.05, 4.69) is 9.88 Å². The number of pyridine rings is 1. The third kappa shape index (κ3) is 5.43. The second-order valence-corrected chi connectivity index (χ2v) is 8.09. The number of likely N-dealkylation sites (tertiary alicyclic amines) is 1. The second kappa shape index (κ2) is 9.36. The number of halogens is 3. The van der Waals surface area contributed by atoms with Crippen molar-refractivity contribution in [1.82, 2.24) is 14.8 Å². The summed E-state index contributed by atoms with van der Waals surface area (Å²) in [5.74, 6) is 0.189. The Balaban J connectivity index is 1.46. The summed E-state index contributed by atoms with van der Waals surface area (Å²) in [6.45, 7) is 4.56. The van der Waals surface area contributed by atoms with Gasteiger partial charge in [-0.1, -0.05) is 18.2 Å².